The molecular formula is C95H94F9N15O12. The Morgan fingerprint density at radius 1 is 0.344 bits per heavy atom. The van der Waals surface area contributed by atoms with Gasteiger partial charge in [0.1, 0.15) is 13.1 Å². The Balaban J connectivity index is 0.786. The van der Waals surface area contributed by atoms with E-state index < -0.39 is 137 Å². The van der Waals surface area contributed by atoms with Crippen LogP contribution in [-0.4, -0.2) is 138 Å². The molecule has 36 heteroatoms. The molecule has 0 saturated carbocycles. The van der Waals surface area contributed by atoms with E-state index in [-0.39, 0.29) is 161 Å². The number of benzene rings is 7. The van der Waals surface area contributed by atoms with Crippen LogP contribution in [-0.2, 0) is 42.5 Å². The predicted molar refractivity (Wildman–Crippen MR) is 463 cm³/mol. The van der Waals surface area contributed by atoms with Gasteiger partial charge in [0.25, 0.3) is 17.7 Å². The monoisotopic (exact) mass is 1810 g/mol. The molecule has 0 fully saturated rings. The summed E-state index contributed by atoms with van der Waals surface area (Å²) >= 11 is 0. The summed E-state index contributed by atoms with van der Waals surface area (Å²) in [6, 6.07) is 31.4. The van der Waals surface area contributed by atoms with Crippen LogP contribution in [0.2, 0.25) is 0 Å². The van der Waals surface area contributed by atoms with Gasteiger partial charge in [-0.15, -0.1) is 0 Å². The highest BCUT2D eigenvalue weighted by molar-refractivity contribution is 6.12. The van der Waals surface area contributed by atoms with E-state index >= 15 is 0 Å². The number of unbranched alkanes of at least 4 members (excludes halogenated alkanes) is 6. The Kier molecular flexibility index (Phi) is 32.9. The fraction of sp³-hybridized carbons (Fsp3) is 0.337. The molecule has 7 aromatic rings. The Morgan fingerprint density at radius 3 is 0.893 bits per heavy atom. The van der Waals surface area contributed by atoms with Crippen molar-refractivity contribution in [1.29, 1.82) is 15.8 Å². The number of alkyl halides is 9. The number of nitriles is 3. The van der Waals surface area contributed by atoms with Crippen LogP contribution in [0.3, 0.4) is 0 Å². The second-order valence-corrected chi connectivity index (χ2v) is 31.0. The van der Waals surface area contributed by atoms with Gasteiger partial charge in [-0.2, -0.15) is 55.3 Å². The lowest BCUT2D eigenvalue weighted by molar-refractivity contribution is -0.138. The van der Waals surface area contributed by atoms with Gasteiger partial charge in [0.05, 0.1) is 86.8 Å². The fourth-order valence-corrected chi connectivity index (χ4v) is 15.7. The predicted octanol–water partition coefficient (Wildman–Crippen LogP) is 16.8. The molecule has 3 unspecified atom stereocenters. The number of carbonyl (C=O) groups excluding carboxylic acids is 12. The zero-order chi connectivity index (χ0) is 95.3. The largest absolute Gasteiger partial charge is 0.416 e. The van der Waals surface area contributed by atoms with E-state index in [4.69, 9.17) is 0 Å². The summed E-state index contributed by atoms with van der Waals surface area (Å²) in [4.78, 5) is 176. The van der Waals surface area contributed by atoms with E-state index in [1.807, 2.05) is 18.2 Å². The van der Waals surface area contributed by atoms with E-state index in [2.05, 4.69) is 31.9 Å². The molecule has 0 aliphatic carbocycles. The molecule has 0 aromatic heterocycles. The third-order valence-corrected chi connectivity index (χ3v) is 22.3. The second-order valence-electron chi connectivity index (χ2n) is 31.0. The van der Waals surface area contributed by atoms with Crippen molar-refractivity contribution in [3.63, 3.8) is 0 Å². The first kappa shape index (κ1) is 98.4. The summed E-state index contributed by atoms with van der Waals surface area (Å²) in [6.07, 6.45) is -11.9. The van der Waals surface area contributed by atoms with Gasteiger partial charge >= 0.3 is 42.7 Å². The van der Waals surface area contributed by atoms with E-state index in [1.54, 1.807) is 13.8 Å². The van der Waals surface area contributed by atoms with Gasteiger partial charge in [0.15, 0.2) is 17.3 Å². The van der Waals surface area contributed by atoms with Crippen molar-refractivity contribution in [3.8, 4) is 18.2 Å². The molecule has 0 radical (unpaired) electrons. The Labute approximate surface area is 748 Å². The highest BCUT2D eigenvalue weighted by Crippen LogP contribution is 2.46. The maximum absolute atomic E-state index is 14.7. The number of rotatable bonds is 37. The molecule has 6 N–H and O–H groups in total. The zero-order valence-electron chi connectivity index (χ0n) is 72.3. The lowest BCUT2D eigenvalue weighted by Crippen LogP contribution is -2.56. The maximum Gasteiger partial charge on any atom is 0.416 e. The minimum absolute atomic E-state index is 0.000223. The van der Waals surface area contributed by atoms with Crippen LogP contribution in [0.5, 0.6) is 0 Å². The summed E-state index contributed by atoms with van der Waals surface area (Å²) in [5.41, 5.74) is -2.63. The molecule has 27 nitrogen and oxygen atoms in total. The van der Waals surface area contributed by atoms with Gasteiger partial charge < -0.3 is 41.7 Å². The van der Waals surface area contributed by atoms with Crippen LogP contribution in [0.15, 0.2) is 198 Å². The van der Waals surface area contributed by atoms with Gasteiger partial charge in [-0.3, -0.25) is 53.1 Å². The number of carbonyl (C=O) groups is 12. The van der Waals surface area contributed by atoms with Crippen LogP contribution in [0.1, 0.15) is 218 Å². The van der Waals surface area contributed by atoms with Crippen molar-refractivity contribution in [3.05, 3.63) is 264 Å². The van der Waals surface area contributed by atoms with E-state index in [9.17, 15) is 113 Å². The number of nitrogens with one attached hydrogen (secondary N) is 6. The maximum atomic E-state index is 14.7. The second kappa shape index (κ2) is 43.8. The summed E-state index contributed by atoms with van der Waals surface area (Å²) in [7, 11) is 0. The van der Waals surface area contributed by atoms with Gasteiger partial charge in [0.2, 0.25) is 11.8 Å². The van der Waals surface area contributed by atoms with Crippen LogP contribution in [0, 0.1) is 34.0 Å². The summed E-state index contributed by atoms with van der Waals surface area (Å²) < 4.78 is 127. The van der Waals surface area contributed by atoms with Gasteiger partial charge in [-0.05, 0) is 204 Å². The highest BCUT2D eigenvalue weighted by Gasteiger charge is 2.49. The van der Waals surface area contributed by atoms with Crippen LogP contribution < -0.4 is 46.6 Å². The number of urea groups is 4. The lowest BCUT2D eigenvalue weighted by atomic mass is 9.88. The minimum Gasteiger partial charge on any atom is -0.355 e. The van der Waals surface area contributed by atoms with Crippen molar-refractivity contribution in [2.24, 2.45) is 0 Å². The molecule has 0 bridgehead atoms. The van der Waals surface area contributed by atoms with E-state index in [0.717, 1.165) is 84.0 Å². The van der Waals surface area contributed by atoms with Crippen molar-refractivity contribution >= 4 is 88.1 Å². The number of allylic oxidation sites excluding steroid dienone is 3. The van der Waals surface area contributed by atoms with Crippen molar-refractivity contribution in [2.75, 3.05) is 67.1 Å². The number of halogens is 9. The van der Waals surface area contributed by atoms with E-state index in [1.165, 1.54) is 137 Å². The topological polar surface area (TPSA) is 368 Å². The summed E-state index contributed by atoms with van der Waals surface area (Å²) in [6.45, 7) is 7.57. The lowest BCUT2D eigenvalue weighted by Gasteiger charge is -2.43. The molecular weight excluding hydrogens is 1710 g/mol. The molecule has 0 saturated heterocycles. The number of anilines is 3. The third kappa shape index (κ3) is 23.8. The molecule has 131 heavy (non-hydrogen) atoms. The molecule has 3 aliphatic heterocycles. The molecule has 13 amide bonds. The number of imide groups is 1. The number of amides is 13. The molecule has 3 atom stereocenters. The Hall–Kier alpha value is -14.8. The smallest absolute Gasteiger partial charge is 0.355 e. The quantitative estimate of drug-likeness (QED) is 0.0156. The number of ketones is 3. The van der Waals surface area contributed by atoms with Crippen molar-refractivity contribution in [1.82, 2.24) is 46.6 Å². The molecule has 3 heterocycles. The number of hydrogen-bond donors (Lipinski definition) is 6. The normalized spacial score (nSPS) is 15.5. The molecule has 10 rings (SSSR count). The number of Topliss-reactive ketones (excluding diaryl/α,β-unsaturated/α-hetero) is 3. The molecule has 3 aliphatic rings. The van der Waals surface area contributed by atoms with Crippen LogP contribution >= 0.6 is 0 Å². The van der Waals surface area contributed by atoms with Crippen molar-refractivity contribution < 1.29 is 97.0 Å². The minimum atomic E-state index is -4.83. The average Bonchev–Trinajstić information content (AvgIpc) is 0.653. The molecule has 7 aromatic carbocycles. The molecule has 0 spiro atoms. The number of hydrogen-bond acceptors (Lipinski definition) is 15. The Bertz CT molecular complexity index is 5540. The van der Waals surface area contributed by atoms with Crippen LogP contribution in [0.4, 0.5) is 75.8 Å². The summed E-state index contributed by atoms with van der Waals surface area (Å²) in [5, 5.41) is 45.2. The first-order valence-electron chi connectivity index (χ1n) is 42.3. The third-order valence-electron chi connectivity index (χ3n) is 22.3. The standard InChI is InChI=1S/C95H94F9N15O12/c1-7-75(120)80-57(4)116(72-25-19-22-69(49-72)93(96,97)98)90(129)114(83(80)63-34-28-60(52-105)29-35-63)55-78(123)108-40-13-10-15-42-110-86(125)66-46-67(87(126)111-43-16-11-14-41-109-79(124)56-115-84(64-36-30-61(53-106)31-37-64)81(76(121)8-2)58(5)117(91(115)130)73-26-20-23-70(50-73)94(99,100)101)48-68(47-66)88(127)112-44-17-12-18-45-113-89(128)119-85(65-38-32-62(54-107)33-39-65)82(77(122)9-3)59(6)118(92(119)131)74-27-21-24-71(51-74)95(102,103)104/h19-39,46-51,83-85H,7-18,40-45,55-56H2,1-6H3,(H,108,123)(H,109,124)(H,110,125)(H,111,126)(H,112,127)(H,113,128). The zero-order valence-corrected chi connectivity index (χ0v) is 72.3. The van der Waals surface area contributed by atoms with Gasteiger partial charge in [-0.25, -0.2) is 24.1 Å². The number of nitrogens with zero attached hydrogens (tertiary/aromatic N) is 9. The first-order valence-corrected chi connectivity index (χ1v) is 42.3. The van der Waals surface area contributed by atoms with E-state index in [0.29, 0.717) is 56.1 Å². The van der Waals surface area contributed by atoms with Crippen LogP contribution in [0.25, 0.3) is 0 Å². The summed E-state index contributed by atoms with van der Waals surface area (Å²) in [5.74, 6) is -4.99. The van der Waals surface area contributed by atoms with Crippen molar-refractivity contribution in [2.45, 2.75) is 155 Å². The highest BCUT2D eigenvalue weighted by atomic mass is 19.4. The fourth-order valence-electron chi connectivity index (χ4n) is 15.7. The average molecular weight is 1810 g/mol. The van der Waals surface area contributed by atoms with Gasteiger partial charge in [0, 0.05) is 109 Å². The Morgan fingerprint density at radius 2 is 0.611 bits per heavy atom. The molecule has 684 valence electrons. The SMILES string of the molecule is CCC(=O)C1=C(C)N(c2cccc(C(F)(F)F)c2)C(=O)N(CC(=O)NCCCCCNC(=O)c2cc(C(=O)NCCCCCNC(=O)CN3C(=O)N(c4cccc(C(F)(F)F)c4)C(C)=C(C(=O)CC)C3c3ccc(C#N)cc3)cc(C(=O)NCCCCCNC(=O)N3C(=O)N(c4cccc(C(F)(F)F)c4)C(C)=C(C(=O)CC)C3c3ccc(C#N)cc3)c2)C1c1ccc(C#N)cc1. The first-order chi connectivity index (χ1) is 62.4. The van der Waals surface area contributed by atoms with Gasteiger partial charge in [-0.1, -0.05) is 75.4 Å².